The van der Waals surface area contributed by atoms with E-state index in [1.807, 2.05) is 41.3 Å². The lowest BCUT2D eigenvalue weighted by Gasteiger charge is -2.39. The standard InChI is InChI=1S/C23H29N3O/c27-23(19-20-9-3-1-4-10-20)26-18-17-25(21-11-5-6-12-22(21)26)16-15-24-13-7-2-8-14-24/h1,3-6,9-12H,2,7-8,13-19H2. The monoisotopic (exact) mass is 363 g/mol. The van der Waals surface area contributed by atoms with Gasteiger partial charge in [0.1, 0.15) is 0 Å². The minimum atomic E-state index is 0.185. The summed E-state index contributed by atoms with van der Waals surface area (Å²) >= 11 is 0. The van der Waals surface area contributed by atoms with Crippen LogP contribution in [0.5, 0.6) is 0 Å². The second-order valence-corrected chi connectivity index (χ2v) is 7.59. The molecule has 2 aliphatic heterocycles. The van der Waals surface area contributed by atoms with Gasteiger partial charge in [0.2, 0.25) is 5.91 Å². The van der Waals surface area contributed by atoms with Crippen LogP contribution in [0.1, 0.15) is 24.8 Å². The molecule has 4 nitrogen and oxygen atoms in total. The molecule has 0 spiro atoms. The molecule has 0 saturated carbocycles. The van der Waals surface area contributed by atoms with Gasteiger partial charge in [-0.05, 0) is 43.6 Å². The van der Waals surface area contributed by atoms with Gasteiger partial charge in [0.15, 0.2) is 0 Å². The van der Waals surface area contributed by atoms with Gasteiger partial charge in [0.05, 0.1) is 17.8 Å². The van der Waals surface area contributed by atoms with E-state index in [0.29, 0.717) is 6.42 Å². The summed E-state index contributed by atoms with van der Waals surface area (Å²) in [4.78, 5) is 20.0. The first kappa shape index (κ1) is 18.1. The van der Waals surface area contributed by atoms with Gasteiger partial charge >= 0.3 is 0 Å². The number of piperidine rings is 1. The molecule has 27 heavy (non-hydrogen) atoms. The van der Waals surface area contributed by atoms with E-state index in [1.54, 1.807) is 0 Å². The Labute approximate surface area is 162 Å². The van der Waals surface area contributed by atoms with Crippen LogP contribution in [0.15, 0.2) is 54.6 Å². The predicted octanol–water partition coefficient (Wildman–Crippen LogP) is 3.57. The molecule has 1 saturated heterocycles. The first-order chi connectivity index (χ1) is 13.3. The summed E-state index contributed by atoms with van der Waals surface area (Å²) < 4.78 is 0. The van der Waals surface area contributed by atoms with Crippen molar-refractivity contribution in [2.45, 2.75) is 25.7 Å². The van der Waals surface area contributed by atoms with Gasteiger partial charge in [0, 0.05) is 26.2 Å². The lowest BCUT2D eigenvalue weighted by Crippen LogP contribution is -2.47. The molecule has 2 aliphatic rings. The van der Waals surface area contributed by atoms with E-state index in [-0.39, 0.29) is 5.91 Å². The molecule has 2 aromatic rings. The number of amides is 1. The van der Waals surface area contributed by atoms with Gasteiger partial charge in [-0.1, -0.05) is 48.9 Å². The van der Waals surface area contributed by atoms with E-state index in [4.69, 9.17) is 0 Å². The molecule has 0 radical (unpaired) electrons. The SMILES string of the molecule is O=C(Cc1ccccc1)N1CCN(CCN2CCCCC2)c2ccccc21. The van der Waals surface area contributed by atoms with Gasteiger partial charge in [0.25, 0.3) is 0 Å². The number of carbonyl (C=O) groups excluding carboxylic acids is 1. The van der Waals surface area contributed by atoms with Crippen LogP contribution in [0.3, 0.4) is 0 Å². The molecule has 0 N–H and O–H groups in total. The minimum Gasteiger partial charge on any atom is -0.367 e. The van der Waals surface area contributed by atoms with Gasteiger partial charge in [-0.3, -0.25) is 4.79 Å². The molecule has 2 heterocycles. The van der Waals surface area contributed by atoms with Crippen molar-refractivity contribution >= 4 is 17.3 Å². The molecular weight excluding hydrogens is 334 g/mol. The Morgan fingerprint density at radius 2 is 1.44 bits per heavy atom. The molecule has 2 aromatic carbocycles. The Balaban J connectivity index is 1.45. The Hall–Kier alpha value is -2.33. The van der Waals surface area contributed by atoms with Crippen LogP contribution in [0.2, 0.25) is 0 Å². The minimum absolute atomic E-state index is 0.185. The van der Waals surface area contributed by atoms with Crippen molar-refractivity contribution in [3.63, 3.8) is 0 Å². The van der Waals surface area contributed by atoms with E-state index >= 15 is 0 Å². The van der Waals surface area contributed by atoms with Crippen molar-refractivity contribution in [1.29, 1.82) is 0 Å². The Morgan fingerprint density at radius 3 is 2.22 bits per heavy atom. The third-order valence-electron chi connectivity index (χ3n) is 5.74. The molecule has 4 rings (SSSR count). The molecule has 0 atom stereocenters. The van der Waals surface area contributed by atoms with Crippen molar-refractivity contribution in [2.24, 2.45) is 0 Å². The Bertz CT molecular complexity index is 755. The summed E-state index contributed by atoms with van der Waals surface area (Å²) in [5.74, 6) is 0.185. The molecular formula is C23H29N3O. The Morgan fingerprint density at radius 1 is 0.741 bits per heavy atom. The van der Waals surface area contributed by atoms with Crippen LogP contribution in [-0.2, 0) is 11.2 Å². The number of carbonyl (C=O) groups is 1. The van der Waals surface area contributed by atoms with Gasteiger partial charge in [-0.25, -0.2) is 0 Å². The summed E-state index contributed by atoms with van der Waals surface area (Å²) in [5.41, 5.74) is 3.33. The van der Waals surface area contributed by atoms with Crippen LogP contribution < -0.4 is 9.80 Å². The maximum Gasteiger partial charge on any atom is 0.231 e. The summed E-state index contributed by atoms with van der Waals surface area (Å²) in [5, 5.41) is 0. The molecule has 1 fully saturated rings. The normalized spacial score (nSPS) is 17.6. The molecule has 4 heteroatoms. The van der Waals surface area contributed by atoms with E-state index in [1.165, 1.54) is 38.0 Å². The molecule has 0 aromatic heterocycles. The zero-order valence-corrected chi connectivity index (χ0v) is 16.0. The average molecular weight is 364 g/mol. The summed E-state index contributed by atoms with van der Waals surface area (Å²) in [6.45, 7) is 6.30. The predicted molar refractivity (Wildman–Crippen MR) is 111 cm³/mol. The fourth-order valence-electron chi connectivity index (χ4n) is 4.22. The van der Waals surface area contributed by atoms with Gasteiger partial charge in [-0.15, -0.1) is 0 Å². The number of nitrogens with zero attached hydrogens (tertiary/aromatic N) is 3. The molecule has 0 unspecified atom stereocenters. The zero-order chi connectivity index (χ0) is 18.5. The van der Waals surface area contributed by atoms with Gasteiger partial charge < -0.3 is 14.7 Å². The number of hydrogen-bond donors (Lipinski definition) is 0. The number of hydrogen-bond acceptors (Lipinski definition) is 3. The van der Waals surface area contributed by atoms with Crippen LogP contribution >= 0.6 is 0 Å². The van der Waals surface area contributed by atoms with Crippen LogP contribution in [-0.4, -0.2) is 50.1 Å². The van der Waals surface area contributed by atoms with Crippen LogP contribution in [0.25, 0.3) is 0 Å². The summed E-state index contributed by atoms with van der Waals surface area (Å²) in [6.07, 6.45) is 4.50. The van der Waals surface area contributed by atoms with E-state index < -0.39 is 0 Å². The molecule has 142 valence electrons. The number of likely N-dealkylation sites (tertiary alicyclic amines) is 1. The van der Waals surface area contributed by atoms with E-state index in [9.17, 15) is 4.79 Å². The second kappa shape index (κ2) is 8.57. The van der Waals surface area contributed by atoms with Crippen molar-refractivity contribution in [3.8, 4) is 0 Å². The Kier molecular flexibility index (Phi) is 5.73. The highest BCUT2D eigenvalue weighted by Crippen LogP contribution is 2.33. The number of anilines is 2. The lowest BCUT2D eigenvalue weighted by atomic mass is 10.1. The summed E-state index contributed by atoms with van der Waals surface area (Å²) in [6, 6.07) is 18.4. The van der Waals surface area contributed by atoms with Crippen LogP contribution in [0, 0.1) is 0 Å². The number of para-hydroxylation sites is 2. The maximum atomic E-state index is 12.9. The number of benzene rings is 2. The molecule has 1 amide bonds. The first-order valence-electron chi connectivity index (χ1n) is 10.2. The quantitative estimate of drug-likeness (QED) is 0.813. The third-order valence-corrected chi connectivity index (χ3v) is 5.74. The van der Waals surface area contributed by atoms with Crippen molar-refractivity contribution in [3.05, 3.63) is 60.2 Å². The highest BCUT2D eigenvalue weighted by molar-refractivity contribution is 5.98. The van der Waals surface area contributed by atoms with Crippen molar-refractivity contribution in [1.82, 2.24) is 4.90 Å². The fraction of sp³-hybridized carbons (Fsp3) is 0.435. The largest absolute Gasteiger partial charge is 0.367 e. The number of rotatable bonds is 5. The van der Waals surface area contributed by atoms with Crippen LogP contribution in [0.4, 0.5) is 11.4 Å². The smallest absolute Gasteiger partial charge is 0.231 e. The zero-order valence-electron chi connectivity index (χ0n) is 16.0. The fourth-order valence-corrected chi connectivity index (χ4v) is 4.22. The topological polar surface area (TPSA) is 26.8 Å². The average Bonchev–Trinajstić information content (AvgIpc) is 2.73. The molecule has 0 aliphatic carbocycles. The van der Waals surface area contributed by atoms with Crippen molar-refractivity contribution in [2.75, 3.05) is 49.1 Å². The number of fused-ring (bicyclic) bond motifs is 1. The van der Waals surface area contributed by atoms with Crippen molar-refractivity contribution < 1.29 is 4.79 Å². The molecule has 0 bridgehead atoms. The second-order valence-electron chi connectivity index (χ2n) is 7.59. The highest BCUT2D eigenvalue weighted by Gasteiger charge is 2.26. The van der Waals surface area contributed by atoms with E-state index in [2.05, 4.69) is 28.0 Å². The third kappa shape index (κ3) is 4.33. The first-order valence-corrected chi connectivity index (χ1v) is 10.2. The maximum absolute atomic E-state index is 12.9. The highest BCUT2D eigenvalue weighted by atomic mass is 16.2. The summed E-state index contributed by atoms with van der Waals surface area (Å²) in [7, 11) is 0. The van der Waals surface area contributed by atoms with Gasteiger partial charge in [-0.2, -0.15) is 0 Å². The van der Waals surface area contributed by atoms with E-state index in [0.717, 1.165) is 37.4 Å². The lowest BCUT2D eigenvalue weighted by molar-refractivity contribution is -0.118.